The highest BCUT2D eigenvalue weighted by atomic mass is 32.2. The largest absolute Gasteiger partial charge is 0.449 e. The molecule has 0 saturated carbocycles. The maximum absolute atomic E-state index is 12.3. The topological polar surface area (TPSA) is 128 Å². The van der Waals surface area contributed by atoms with Crippen molar-refractivity contribution in [3.8, 4) is 0 Å². The van der Waals surface area contributed by atoms with E-state index in [4.69, 9.17) is 4.74 Å². The van der Waals surface area contributed by atoms with Gasteiger partial charge in [-0.25, -0.2) is 4.79 Å². The summed E-state index contributed by atoms with van der Waals surface area (Å²) in [5.41, 5.74) is 0.422. The van der Waals surface area contributed by atoms with E-state index in [1.807, 2.05) is 0 Å². The van der Waals surface area contributed by atoms with Crippen LogP contribution >= 0.6 is 11.8 Å². The van der Waals surface area contributed by atoms with Crippen LogP contribution in [-0.2, 0) is 14.3 Å². The second-order valence-electron chi connectivity index (χ2n) is 5.86. The SMILES string of the molecule is C[C@@H](OC(=O)c1ccc2c(c1)NC(=O)CS2)C(=O)Nc1ccccc1[N+](=O)[O-]. The molecule has 0 unspecified atom stereocenters. The van der Waals surface area contributed by atoms with Gasteiger partial charge in [0, 0.05) is 11.0 Å². The molecule has 144 valence electrons. The minimum Gasteiger partial charge on any atom is -0.449 e. The molecule has 28 heavy (non-hydrogen) atoms. The predicted octanol–water partition coefficient (Wildman–Crippen LogP) is 2.82. The molecular weight excluding hydrogens is 386 g/mol. The number of nitrogens with one attached hydrogen (secondary N) is 2. The van der Waals surface area contributed by atoms with Gasteiger partial charge in [-0.05, 0) is 31.2 Å². The molecule has 0 radical (unpaired) electrons. The summed E-state index contributed by atoms with van der Waals surface area (Å²) in [6.45, 7) is 1.36. The summed E-state index contributed by atoms with van der Waals surface area (Å²) < 4.78 is 5.15. The third kappa shape index (κ3) is 4.29. The van der Waals surface area contributed by atoms with E-state index < -0.39 is 22.9 Å². The molecule has 10 heteroatoms. The molecule has 0 bridgehead atoms. The quantitative estimate of drug-likeness (QED) is 0.448. The van der Waals surface area contributed by atoms with Crippen molar-refractivity contribution in [3.05, 3.63) is 58.1 Å². The third-order valence-corrected chi connectivity index (χ3v) is 4.93. The Morgan fingerprint density at radius 1 is 1.29 bits per heavy atom. The number of fused-ring (bicyclic) bond motifs is 1. The predicted molar refractivity (Wildman–Crippen MR) is 102 cm³/mol. The van der Waals surface area contributed by atoms with Gasteiger partial charge in [-0.2, -0.15) is 0 Å². The number of amides is 2. The number of nitrogens with zero attached hydrogens (tertiary/aromatic N) is 1. The van der Waals surface area contributed by atoms with Crippen molar-refractivity contribution in [2.24, 2.45) is 0 Å². The Balaban J connectivity index is 1.67. The summed E-state index contributed by atoms with van der Waals surface area (Å²) in [5.74, 6) is -1.32. The number of benzene rings is 2. The molecule has 2 aromatic carbocycles. The van der Waals surface area contributed by atoms with Gasteiger partial charge in [-0.3, -0.25) is 19.7 Å². The van der Waals surface area contributed by atoms with Gasteiger partial charge in [0.2, 0.25) is 5.91 Å². The Morgan fingerprint density at radius 3 is 2.79 bits per heavy atom. The molecule has 0 aromatic heterocycles. The Bertz CT molecular complexity index is 978. The molecule has 1 atom stereocenters. The summed E-state index contributed by atoms with van der Waals surface area (Å²) in [6.07, 6.45) is -1.19. The molecule has 0 aliphatic carbocycles. The van der Waals surface area contributed by atoms with E-state index in [0.717, 1.165) is 4.90 Å². The number of carbonyl (C=O) groups excluding carboxylic acids is 3. The van der Waals surface area contributed by atoms with E-state index in [0.29, 0.717) is 11.4 Å². The minimum atomic E-state index is -1.19. The smallest absolute Gasteiger partial charge is 0.338 e. The van der Waals surface area contributed by atoms with Crippen molar-refractivity contribution < 1.29 is 24.0 Å². The van der Waals surface area contributed by atoms with Crippen molar-refractivity contribution in [2.45, 2.75) is 17.9 Å². The first-order valence-electron chi connectivity index (χ1n) is 8.17. The zero-order valence-corrected chi connectivity index (χ0v) is 15.4. The molecule has 2 N–H and O–H groups in total. The minimum absolute atomic E-state index is 0.00826. The van der Waals surface area contributed by atoms with Crippen molar-refractivity contribution in [1.82, 2.24) is 0 Å². The van der Waals surface area contributed by atoms with Gasteiger partial charge in [0.1, 0.15) is 5.69 Å². The fraction of sp³-hybridized carbons (Fsp3) is 0.167. The van der Waals surface area contributed by atoms with Crippen LogP contribution in [-0.4, -0.2) is 34.6 Å². The van der Waals surface area contributed by atoms with Crippen LogP contribution in [0.3, 0.4) is 0 Å². The second-order valence-corrected chi connectivity index (χ2v) is 6.88. The lowest BCUT2D eigenvalue weighted by Gasteiger charge is -2.17. The maximum atomic E-state index is 12.3. The number of para-hydroxylation sites is 2. The summed E-state index contributed by atoms with van der Waals surface area (Å²) in [5, 5.41) is 16.1. The lowest BCUT2D eigenvalue weighted by Crippen LogP contribution is -2.30. The average Bonchev–Trinajstić information content (AvgIpc) is 2.67. The lowest BCUT2D eigenvalue weighted by molar-refractivity contribution is -0.383. The van der Waals surface area contributed by atoms with Gasteiger partial charge >= 0.3 is 5.97 Å². The van der Waals surface area contributed by atoms with Gasteiger partial charge in [0.25, 0.3) is 11.6 Å². The van der Waals surface area contributed by atoms with Crippen molar-refractivity contribution in [3.63, 3.8) is 0 Å². The molecule has 9 nitrogen and oxygen atoms in total. The van der Waals surface area contributed by atoms with Gasteiger partial charge in [-0.1, -0.05) is 12.1 Å². The van der Waals surface area contributed by atoms with Crippen molar-refractivity contribution in [1.29, 1.82) is 0 Å². The summed E-state index contributed by atoms with van der Waals surface area (Å²) in [4.78, 5) is 47.3. The number of esters is 1. The lowest BCUT2D eigenvalue weighted by atomic mass is 10.2. The first-order chi connectivity index (χ1) is 13.3. The zero-order valence-electron chi connectivity index (χ0n) is 14.6. The first kappa shape index (κ1) is 19.4. The van der Waals surface area contributed by atoms with Crippen LogP contribution in [0.1, 0.15) is 17.3 Å². The molecule has 2 amide bonds. The van der Waals surface area contributed by atoms with Crippen LogP contribution in [0.2, 0.25) is 0 Å². The number of hydrogen-bond acceptors (Lipinski definition) is 7. The molecular formula is C18H15N3O6S. The molecule has 0 saturated heterocycles. The molecule has 1 aliphatic heterocycles. The monoisotopic (exact) mass is 401 g/mol. The summed E-state index contributed by atoms with van der Waals surface area (Å²) in [7, 11) is 0. The van der Waals surface area contributed by atoms with Crippen LogP contribution in [0.5, 0.6) is 0 Å². The maximum Gasteiger partial charge on any atom is 0.338 e. The molecule has 0 fully saturated rings. The Hall–Kier alpha value is -3.40. The highest BCUT2D eigenvalue weighted by molar-refractivity contribution is 8.00. The van der Waals surface area contributed by atoms with Gasteiger partial charge in [0.15, 0.2) is 6.10 Å². The van der Waals surface area contributed by atoms with Gasteiger partial charge in [-0.15, -0.1) is 11.8 Å². The summed E-state index contributed by atoms with van der Waals surface area (Å²) >= 11 is 1.36. The van der Waals surface area contributed by atoms with Crippen LogP contribution < -0.4 is 10.6 Å². The van der Waals surface area contributed by atoms with Gasteiger partial charge < -0.3 is 15.4 Å². The normalized spacial score (nSPS) is 13.7. The van der Waals surface area contributed by atoms with E-state index in [1.54, 1.807) is 12.1 Å². The molecule has 0 spiro atoms. The number of hydrogen-bond donors (Lipinski definition) is 2. The van der Waals surface area contributed by atoms with E-state index in [-0.39, 0.29) is 22.8 Å². The van der Waals surface area contributed by atoms with E-state index >= 15 is 0 Å². The molecule has 2 aromatic rings. The first-order valence-corrected chi connectivity index (χ1v) is 9.15. The van der Waals surface area contributed by atoms with Crippen LogP contribution in [0, 0.1) is 10.1 Å². The standard InChI is InChI=1S/C18H15N3O6S/c1-10(17(23)20-12-4-2-3-5-14(12)21(25)26)27-18(24)11-6-7-15-13(8-11)19-16(22)9-28-15/h2-8,10H,9H2,1H3,(H,19,22)(H,20,23)/t10-/m1/s1. The Labute approximate surface area is 163 Å². The van der Waals surface area contributed by atoms with E-state index in [2.05, 4.69) is 10.6 Å². The number of nitro benzene ring substituents is 1. The third-order valence-electron chi connectivity index (χ3n) is 3.86. The second kappa shape index (κ2) is 8.09. The molecule has 1 aliphatic rings. The Morgan fingerprint density at radius 2 is 2.04 bits per heavy atom. The van der Waals surface area contributed by atoms with E-state index in [9.17, 15) is 24.5 Å². The molecule has 1 heterocycles. The highest BCUT2D eigenvalue weighted by Crippen LogP contribution is 2.32. The fourth-order valence-electron chi connectivity index (χ4n) is 2.47. The Kier molecular flexibility index (Phi) is 5.59. The van der Waals surface area contributed by atoms with Gasteiger partial charge in [0.05, 0.1) is 21.9 Å². The number of anilines is 2. The van der Waals surface area contributed by atoms with Crippen LogP contribution in [0.25, 0.3) is 0 Å². The highest BCUT2D eigenvalue weighted by Gasteiger charge is 2.23. The number of thioether (sulfide) groups is 1. The number of rotatable bonds is 5. The van der Waals surface area contributed by atoms with Crippen molar-refractivity contribution in [2.75, 3.05) is 16.4 Å². The average molecular weight is 401 g/mol. The number of nitro groups is 1. The number of ether oxygens (including phenoxy) is 1. The number of carbonyl (C=O) groups is 3. The summed E-state index contributed by atoms with van der Waals surface area (Å²) in [6, 6.07) is 10.4. The van der Waals surface area contributed by atoms with E-state index in [1.165, 1.54) is 49.0 Å². The van der Waals surface area contributed by atoms with Crippen molar-refractivity contribution >= 4 is 46.6 Å². The van der Waals surface area contributed by atoms with Crippen LogP contribution in [0.15, 0.2) is 47.4 Å². The fourth-order valence-corrected chi connectivity index (χ4v) is 3.25. The zero-order chi connectivity index (χ0) is 20.3. The molecule has 3 rings (SSSR count). The van der Waals surface area contributed by atoms with Crippen LogP contribution in [0.4, 0.5) is 17.1 Å².